The van der Waals surface area contributed by atoms with E-state index in [4.69, 9.17) is 5.73 Å². The van der Waals surface area contributed by atoms with Gasteiger partial charge in [-0.1, -0.05) is 41.9 Å². The summed E-state index contributed by atoms with van der Waals surface area (Å²) in [5, 5.41) is 0. The SMILES string of the molecule is Cc1cc(C2C(N)C2(C)C)ccc1Br. The van der Waals surface area contributed by atoms with Crippen molar-refractivity contribution in [3.8, 4) is 0 Å². The molecule has 1 saturated carbocycles. The topological polar surface area (TPSA) is 26.0 Å². The van der Waals surface area contributed by atoms with Gasteiger partial charge in [-0.15, -0.1) is 0 Å². The lowest BCUT2D eigenvalue weighted by molar-refractivity contribution is 0.599. The van der Waals surface area contributed by atoms with Gasteiger partial charge in [0.25, 0.3) is 0 Å². The Labute approximate surface area is 93.8 Å². The summed E-state index contributed by atoms with van der Waals surface area (Å²) in [6, 6.07) is 6.86. The van der Waals surface area contributed by atoms with Gasteiger partial charge < -0.3 is 5.73 Å². The number of hydrogen-bond donors (Lipinski definition) is 1. The van der Waals surface area contributed by atoms with Crippen LogP contribution in [0.5, 0.6) is 0 Å². The maximum Gasteiger partial charge on any atom is 0.0204 e. The molecule has 0 aliphatic heterocycles. The molecule has 2 rings (SSSR count). The molecule has 1 aliphatic rings. The molecule has 1 aliphatic carbocycles. The van der Waals surface area contributed by atoms with Crippen molar-refractivity contribution in [3.05, 3.63) is 33.8 Å². The van der Waals surface area contributed by atoms with E-state index in [1.54, 1.807) is 0 Å². The van der Waals surface area contributed by atoms with E-state index in [-0.39, 0.29) is 5.41 Å². The van der Waals surface area contributed by atoms with Gasteiger partial charge in [-0.3, -0.25) is 0 Å². The van der Waals surface area contributed by atoms with Gasteiger partial charge in [0, 0.05) is 16.4 Å². The van der Waals surface area contributed by atoms with Crippen molar-refractivity contribution in [2.75, 3.05) is 0 Å². The summed E-state index contributed by atoms with van der Waals surface area (Å²) in [5.41, 5.74) is 9.00. The van der Waals surface area contributed by atoms with Gasteiger partial charge in [0.1, 0.15) is 0 Å². The predicted octanol–water partition coefficient (Wildman–Crippen LogP) is 3.21. The fourth-order valence-electron chi connectivity index (χ4n) is 2.18. The number of benzene rings is 1. The highest BCUT2D eigenvalue weighted by Crippen LogP contribution is 2.57. The third-order valence-corrected chi connectivity index (χ3v) is 4.34. The third-order valence-electron chi connectivity index (χ3n) is 3.45. The monoisotopic (exact) mass is 253 g/mol. The highest BCUT2D eigenvalue weighted by molar-refractivity contribution is 9.10. The Hall–Kier alpha value is -0.340. The maximum atomic E-state index is 6.05. The molecular formula is C12H16BrN. The smallest absolute Gasteiger partial charge is 0.0204 e. The van der Waals surface area contributed by atoms with Gasteiger partial charge in [-0.25, -0.2) is 0 Å². The standard InChI is InChI=1S/C12H16BrN/c1-7-6-8(4-5-9(7)13)10-11(14)12(10,2)3/h4-6,10-11H,14H2,1-3H3. The molecule has 1 nitrogen and oxygen atoms in total. The number of nitrogens with two attached hydrogens (primary N) is 1. The minimum absolute atomic E-state index is 0.278. The first-order chi connectivity index (χ1) is 6.44. The number of hydrogen-bond acceptors (Lipinski definition) is 1. The lowest BCUT2D eigenvalue weighted by Gasteiger charge is -2.05. The molecule has 1 aromatic rings. The molecule has 0 spiro atoms. The van der Waals surface area contributed by atoms with E-state index >= 15 is 0 Å². The van der Waals surface area contributed by atoms with Crippen LogP contribution in [-0.2, 0) is 0 Å². The van der Waals surface area contributed by atoms with Gasteiger partial charge in [0.15, 0.2) is 0 Å². The van der Waals surface area contributed by atoms with Gasteiger partial charge >= 0.3 is 0 Å². The minimum atomic E-state index is 0.278. The number of aryl methyl sites for hydroxylation is 1. The fraction of sp³-hybridized carbons (Fsp3) is 0.500. The lowest BCUT2D eigenvalue weighted by Crippen LogP contribution is -2.06. The molecule has 14 heavy (non-hydrogen) atoms. The summed E-state index contributed by atoms with van der Waals surface area (Å²) in [4.78, 5) is 0. The van der Waals surface area contributed by atoms with E-state index < -0.39 is 0 Å². The normalized spacial score (nSPS) is 28.9. The molecule has 0 aromatic heterocycles. The van der Waals surface area contributed by atoms with Crippen molar-refractivity contribution in [2.45, 2.75) is 32.7 Å². The fourth-order valence-corrected chi connectivity index (χ4v) is 2.42. The van der Waals surface area contributed by atoms with Gasteiger partial charge in [0.05, 0.1) is 0 Å². The molecule has 2 unspecified atom stereocenters. The van der Waals surface area contributed by atoms with Crippen LogP contribution in [0.25, 0.3) is 0 Å². The van der Waals surface area contributed by atoms with Crippen molar-refractivity contribution < 1.29 is 0 Å². The first kappa shape index (κ1) is 10.2. The Morgan fingerprint density at radius 3 is 2.36 bits per heavy atom. The van der Waals surface area contributed by atoms with Gasteiger partial charge in [0.2, 0.25) is 0 Å². The number of rotatable bonds is 1. The molecule has 0 heterocycles. The van der Waals surface area contributed by atoms with E-state index in [2.05, 4.69) is 54.9 Å². The van der Waals surface area contributed by atoms with Crippen LogP contribution >= 0.6 is 15.9 Å². The quantitative estimate of drug-likeness (QED) is 0.818. The second kappa shape index (κ2) is 3.07. The van der Waals surface area contributed by atoms with Crippen LogP contribution in [0.15, 0.2) is 22.7 Å². The van der Waals surface area contributed by atoms with Crippen molar-refractivity contribution in [2.24, 2.45) is 11.1 Å². The number of halogens is 1. The van der Waals surface area contributed by atoms with Crippen LogP contribution in [0.1, 0.15) is 30.9 Å². The molecular weight excluding hydrogens is 238 g/mol. The Morgan fingerprint density at radius 1 is 1.36 bits per heavy atom. The highest BCUT2D eigenvalue weighted by Gasteiger charge is 2.56. The molecule has 2 atom stereocenters. The summed E-state index contributed by atoms with van der Waals surface area (Å²) in [5.74, 6) is 0.536. The molecule has 2 N–H and O–H groups in total. The van der Waals surface area contributed by atoms with Gasteiger partial charge in [-0.05, 0) is 29.5 Å². The van der Waals surface area contributed by atoms with Crippen LogP contribution in [0.3, 0.4) is 0 Å². The Kier molecular flexibility index (Phi) is 2.24. The van der Waals surface area contributed by atoms with Crippen LogP contribution < -0.4 is 5.73 Å². The van der Waals surface area contributed by atoms with Crippen LogP contribution in [0.2, 0.25) is 0 Å². The predicted molar refractivity (Wildman–Crippen MR) is 63.4 cm³/mol. The zero-order chi connectivity index (χ0) is 10.5. The minimum Gasteiger partial charge on any atom is -0.327 e. The molecule has 0 amide bonds. The molecule has 1 aromatic carbocycles. The summed E-state index contributed by atoms with van der Waals surface area (Å²) in [6.07, 6.45) is 0. The molecule has 1 fully saturated rings. The largest absolute Gasteiger partial charge is 0.327 e. The second-order valence-corrected chi connectivity index (χ2v) is 5.69. The van der Waals surface area contributed by atoms with Crippen LogP contribution in [-0.4, -0.2) is 6.04 Å². The average Bonchev–Trinajstić information content (AvgIpc) is 2.58. The first-order valence-corrected chi connectivity index (χ1v) is 5.75. The van der Waals surface area contributed by atoms with E-state index in [1.807, 2.05) is 0 Å². The molecule has 76 valence electrons. The van der Waals surface area contributed by atoms with E-state index in [9.17, 15) is 0 Å². The Bertz CT molecular complexity index is 371. The van der Waals surface area contributed by atoms with E-state index in [0.29, 0.717) is 12.0 Å². The second-order valence-electron chi connectivity index (χ2n) is 4.83. The first-order valence-electron chi connectivity index (χ1n) is 4.96. The molecule has 0 radical (unpaired) electrons. The van der Waals surface area contributed by atoms with Crippen molar-refractivity contribution in [1.82, 2.24) is 0 Å². The zero-order valence-electron chi connectivity index (χ0n) is 8.84. The summed E-state index contributed by atoms with van der Waals surface area (Å²) in [7, 11) is 0. The van der Waals surface area contributed by atoms with Crippen molar-refractivity contribution >= 4 is 15.9 Å². The van der Waals surface area contributed by atoms with Crippen molar-refractivity contribution in [3.63, 3.8) is 0 Å². The van der Waals surface area contributed by atoms with Crippen LogP contribution in [0, 0.1) is 12.3 Å². The van der Waals surface area contributed by atoms with Crippen LogP contribution in [0.4, 0.5) is 0 Å². The molecule has 0 saturated heterocycles. The van der Waals surface area contributed by atoms with Gasteiger partial charge in [-0.2, -0.15) is 0 Å². The average molecular weight is 254 g/mol. The molecule has 0 bridgehead atoms. The summed E-state index contributed by atoms with van der Waals surface area (Å²) in [6.45, 7) is 6.59. The van der Waals surface area contributed by atoms with E-state index in [1.165, 1.54) is 15.6 Å². The van der Waals surface area contributed by atoms with Crippen molar-refractivity contribution in [1.29, 1.82) is 0 Å². The third kappa shape index (κ3) is 1.41. The summed E-state index contributed by atoms with van der Waals surface area (Å²) >= 11 is 3.51. The highest BCUT2D eigenvalue weighted by atomic mass is 79.9. The molecule has 2 heteroatoms. The maximum absolute atomic E-state index is 6.05. The Morgan fingerprint density at radius 2 is 1.93 bits per heavy atom. The summed E-state index contributed by atoms with van der Waals surface area (Å²) < 4.78 is 1.17. The van der Waals surface area contributed by atoms with E-state index in [0.717, 1.165) is 0 Å². The Balaban J connectivity index is 2.32. The lowest BCUT2D eigenvalue weighted by atomic mass is 10.0. The zero-order valence-corrected chi connectivity index (χ0v) is 10.4.